The maximum absolute atomic E-state index is 13.5. The SMILES string of the molecule is Cc1cccnc1N1C(=O)c2ccc3c4c(ccc(c24)C1=O)C(=O)N(c1ncccc1C)C3=O. The van der Waals surface area contributed by atoms with Crippen LogP contribution in [0.1, 0.15) is 52.6 Å². The molecule has 6 rings (SSSR count). The number of carbonyl (C=O) groups excluding carboxylic acids is 4. The van der Waals surface area contributed by atoms with Gasteiger partial charge < -0.3 is 0 Å². The fourth-order valence-electron chi connectivity index (χ4n) is 4.68. The molecule has 164 valence electrons. The summed E-state index contributed by atoms with van der Waals surface area (Å²) in [6, 6.07) is 13.1. The van der Waals surface area contributed by atoms with Crippen LogP contribution in [0.25, 0.3) is 10.8 Å². The molecular weight excluding hydrogens is 432 g/mol. The van der Waals surface area contributed by atoms with Crippen molar-refractivity contribution in [2.45, 2.75) is 13.8 Å². The molecule has 0 saturated carbocycles. The summed E-state index contributed by atoms with van der Waals surface area (Å²) in [5.41, 5.74) is 2.30. The molecule has 2 aliphatic heterocycles. The van der Waals surface area contributed by atoms with Crippen LogP contribution in [0.5, 0.6) is 0 Å². The van der Waals surface area contributed by atoms with Gasteiger partial charge >= 0.3 is 0 Å². The minimum Gasteiger partial charge on any atom is -0.268 e. The summed E-state index contributed by atoms with van der Waals surface area (Å²) in [6.45, 7) is 3.54. The Labute approximate surface area is 193 Å². The number of carbonyl (C=O) groups is 4. The van der Waals surface area contributed by atoms with Crippen LogP contribution in [0, 0.1) is 13.8 Å². The number of aryl methyl sites for hydroxylation is 2. The number of nitrogens with zero attached hydrogens (tertiary/aromatic N) is 4. The third-order valence-electron chi connectivity index (χ3n) is 6.28. The van der Waals surface area contributed by atoms with Gasteiger partial charge in [-0.1, -0.05) is 12.1 Å². The van der Waals surface area contributed by atoms with E-state index in [1.54, 1.807) is 38.1 Å². The average Bonchev–Trinajstić information content (AvgIpc) is 2.83. The van der Waals surface area contributed by atoms with Crippen LogP contribution in [-0.2, 0) is 0 Å². The molecule has 4 amide bonds. The molecule has 8 nitrogen and oxygen atoms in total. The molecule has 0 aliphatic carbocycles. The zero-order chi connectivity index (χ0) is 23.7. The van der Waals surface area contributed by atoms with E-state index in [-0.39, 0.29) is 33.9 Å². The molecular formula is C26H16N4O4. The zero-order valence-electron chi connectivity index (χ0n) is 18.2. The highest BCUT2D eigenvalue weighted by molar-refractivity contribution is 6.42. The van der Waals surface area contributed by atoms with E-state index >= 15 is 0 Å². The predicted molar refractivity (Wildman–Crippen MR) is 124 cm³/mol. The molecule has 2 aromatic carbocycles. The van der Waals surface area contributed by atoms with Crippen molar-refractivity contribution in [3.8, 4) is 0 Å². The smallest absolute Gasteiger partial charge is 0.267 e. The molecule has 0 atom stereocenters. The van der Waals surface area contributed by atoms with Gasteiger partial charge in [0.15, 0.2) is 0 Å². The lowest BCUT2D eigenvalue weighted by molar-refractivity contribution is 0.0871. The summed E-state index contributed by atoms with van der Waals surface area (Å²) in [6.07, 6.45) is 3.04. The Hall–Kier alpha value is -4.72. The van der Waals surface area contributed by atoms with Gasteiger partial charge in [0.1, 0.15) is 11.6 Å². The molecule has 0 unspecified atom stereocenters. The summed E-state index contributed by atoms with van der Waals surface area (Å²) in [7, 11) is 0. The first-order valence-corrected chi connectivity index (χ1v) is 10.6. The van der Waals surface area contributed by atoms with E-state index in [9.17, 15) is 19.2 Å². The van der Waals surface area contributed by atoms with Gasteiger partial charge in [0.2, 0.25) is 0 Å². The Bertz CT molecular complexity index is 1430. The highest BCUT2D eigenvalue weighted by atomic mass is 16.2. The van der Waals surface area contributed by atoms with Crippen molar-refractivity contribution in [2.24, 2.45) is 0 Å². The van der Waals surface area contributed by atoms with Gasteiger partial charge in [-0.05, 0) is 61.4 Å². The van der Waals surface area contributed by atoms with E-state index in [2.05, 4.69) is 9.97 Å². The van der Waals surface area contributed by atoms with Gasteiger partial charge in [-0.25, -0.2) is 19.8 Å². The van der Waals surface area contributed by atoms with Gasteiger partial charge in [-0.3, -0.25) is 19.2 Å². The minimum atomic E-state index is -0.550. The molecule has 0 bridgehead atoms. The van der Waals surface area contributed by atoms with E-state index in [0.717, 1.165) is 9.80 Å². The van der Waals surface area contributed by atoms with Gasteiger partial charge in [0, 0.05) is 45.4 Å². The first kappa shape index (κ1) is 19.9. The van der Waals surface area contributed by atoms with Gasteiger partial charge in [0.25, 0.3) is 23.6 Å². The molecule has 8 heteroatoms. The molecule has 2 aromatic heterocycles. The van der Waals surface area contributed by atoms with Crippen LogP contribution in [0.2, 0.25) is 0 Å². The fourth-order valence-corrected chi connectivity index (χ4v) is 4.68. The number of rotatable bonds is 2. The van der Waals surface area contributed by atoms with E-state index in [4.69, 9.17) is 0 Å². The fraction of sp³-hybridized carbons (Fsp3) is 0.0769. The van der Waals surface area contributed by atoms with E-state index in [1.807, 2.05) is 0 Å². The Morgan fingerprint density at radius 2 is 0.853 bits per heavy atom. The summed E-state index contributed by atoms with van der Waals surface area (Å²) in [5.74, 6) is -1.70. The van der Waals surface area contributed by atoms with Crippen LogP contribution < -0.4 is 9.80 Å². The molecule has 0 saturated heterocycles. The molecule has 0 spiro atoms. The average molecular weight is 448 g/mol. The molecule has 0 N–H and O–H groups in total. The van der Waals surface area contributed by atoms with Crippen molar-refractivity contribution in [2.75, 3.05) is 9.80 Å². The third-order valence-corrected chi connectivity index (χ3v) is 6.28. The summed E-state index contributed by atoms with van der Waals surface area (Å²) in [4.78, 5) is 64.4. The largest absolute Gasteiger partial charge is 0.268 e. The first-order chi connectivity index (χ1) is 16.4. The van der Waals surface area contributed by atoms with Gasteiger partial charge in [-0.2, -0.15) is 0 Å². The van der Waals surface area contributed by atoms with Crippen molar-refractivity contribution in [3.63, 3.8) is 0 Å². The molecule has 2 aliphatic rings. The number of anilines is 2. The minimum absolute atomic E-state index is 0.239. The van der Waals surface area contributed by atoms with E-state index < -0.39 is 23.6 Å². The Morgan fingerprint density at radius 1 is 0.529 bits per heavy atom. The number of benzene rings is 2. The van der Waals surface area contributed by atoms with Crippen LogP contribution in [0.3, 0.4) is 0 Å². The zero-order valence-corrected chi connectivity index (χ0v) is 18.2. The monoisotopic (exact) mass is 448 g/mol. The second kappa shape index (κ2) is 6.89. The highest BCUT2D eigenvalue weighted by Crippen LogP contribution is 2.40. The maximum atomic E-state index is 13.5. The number of aromatic nitrogens is 2. The van der Waals surface area contributed by atoms with Crippen molar-refractivity contribution >= 4 is 46.0 Å². The first-order valence-electron chi connectivity index (χ1n) is 10.6. The number of hydrogen-bond acceptors (Lipinski definition) is 6. The van der Waals surface area contributed by atoms with Crippen molar-refractivity contribution < 1.29 is 19.2 Å². The summed E-state index contributed by atoms with van der Waals surface area (Å²) in [5, 5.41) is 0.628. The van der Waals surface area contributed by atoms with Gasteiger partial charge in [-0.15, -0.1) is 0 Å². The van der Waals surface area contributed by atoms with Crippen molar-refractivity contribution in [1.29, 1.82) is 0 Å². The normalized spacial score (nSPS) is 14.9. The van der Waals surface area contributed by atoms with Crippen molar-refractivity contribution in [3.05, 3.63) is 94.3 Å². The topological polar surface area (TPSA) is 101 Å². The summed E-state index contributed by atoms with van der Waals surface area (Å²) >= 11 is 0. The Morgan fingerprint density at radius 3 is 1.15 bits per heavy atom. The van der Waals surface area contributed by atoms with E-state index in [0.29, 0.717) is 21.9 Å². The standard InChI is InChI=1S/C26H16N4O4/c1-13-5-3-11-27-21(13)29-23(31)15-7-9-17-20-18(10-8-16(19(15)20)24(29)32)26(34)30(25(17)33)22-14(2)6-4-12-28-22/h3-12H,1-2H3. The molecule has 4 aromatic rings. The number of pyridine rings is 2. The molecule has 0 radical (unpaired) electrons. The third kappa shape index (κ3) is 2.47. The van der Waals surface area contributed by atoms with Crippen LogP contribution in [0.4, 0.5) is 11.6 Å². The summed E-state index contributed by atoms with van der Waals surface area (Å²) < 4.78 is 0. The number of hydrogen-bond donors (Lipinski definition) is 0. The van der Waals surface area contributed by atoms with Crippen LogP contribution in [0.15, 0.2) is 60.9 Å². The van der Waals surface area contributed by atoms with Crippen LogP contribution in [-0.4, -0.2) is 33.6 Å². The second-order valence-corrected chi connectivity index (χ2v) is 8.25. The lowest BCUT2D eigenvalue weighted by Gasteiger charge is -2.31. The van der Waals surface area contributed by atoms with Crippen molar-refractivity contribution in [1.82, 2.24) is 9.97 Å². The number of amides is 4. The van der Waals surface area contributed by atoms with Crippen LogP contribution >= 0.6 is 0 Å². The Balaban J connectivity index is 1.59. The highest BCUT2D eigenvalue weighted by Gasteiger charge is 2.41. The lowest BCUT2D eigenvalue weighted by atomic mass is 9.85. The number of imide groups is 2. The predicted octanol–water partition coefficient (Wildman–Crippen LogP) is 3.85. The molecule has 34 heavy (non-hydrogen) atoms. The lowest BCUT2D eigenvalue weighted by Crippen LogP contribution is -2.44. The van der Waals surface area contributed by atoms with E-state index in [1.165, 1.54) is 36.7 Å². The Kier molecular flexibility index (Phi) is 4.04. The maximum Gasteiger partial charge on any atom is 0.267 e. The quantitative estimate of drug-likeness (QED) is 0.432. The molecule has 0 fully saturated rings. The molecule has 4 heterocycles. The van der Waals surface area contributed by atoms with Gasteiger partial charge in [0.05, 0.1) is 0 Å². The second-order valence-electron chi connectivity index (χ2n) is 8.25.